The molecule has 0 aliphatic carbocycles. The Kier molecular flexibility index (Phi) is 5.47. The van der Waals surface area contributed by atoms with Gasteiger partial charge in [0.2, 0.25) is 0 Å². The van der Waals surface area contributed by atoms with E-state index in [0.717, 1.165) is 17.9 Å². The zero-order chi connectivity index (χ0) is 12.9. The van der Waals surface area contributed by atoms with Gasteiger partial charge in [0, 0.05) is 16.5 Å². The maximum Gasteiger partial charge on any atom is 0.123 e. The number of thioether (sulfide) groups is 1. The summed E-state index contributed by atoms with van der Waals surface area (Å²) in [5.41, 5.74) is 1.03. The van der Waals surface area contributed by atoms with Crippen molar-refractivity contribution in [3.8, 4) is 0 Å². The van der Waals surface area contributed by atoms with E-state index in [9.17, 15) is 4.39 Å². The second kappa shape index (κ2) is 6.41. The SMILES string of the molecule is CCNC(CSC(C)(C)C)c1cccc(F)c1. The minimum atomic E-state index is -0.161. The van der Waals surface area contributed by atoms with Crippen LogP contribution in [0.3, 0.4) is 0 Å². The number of benzene rings is 1. The Morgan fingerprint density at radius 1 is 1.35 bits per heavy atom. The second-order valence-corrected chi connectivity index (χ2v) is 6.94. The molecule has 1 rings (SSSR count). The summed E-state index contributed by atoms with van der Waals surface area (Å²) in [7, 11) is 0. The maximum absolute atomic E-state index is 13.2. The number of hydrogen-bond acceptors (Lipinski definition) is 2. The molecule has 0 heterocycles. The van der Waals surface area contributed by atoms with Crippen LogP contribution in [0.4, 0.5) is 4.39 Å². The summed E-state index contributed by atoms with van der Waals surface area (Å²) in [6, 6.07) is 7.09. The summed E-state index contributed by atoms with van der Waals surface area (Å²) in [4.78, 5) is 0. The third kappa shape index (κ3) is 5.55. The summed E-state index contributed by atoms with van der Waals surface area (Å²) >= 11 is 1.90. The molecule has 3 heteroatoms. The first kappa shape index (κ1) is 14.5. The first-order valence-electron chi connectivity index (χ1n) is 6.05. The fourth-order valence-electron chi connectivity index (χ4n) is 1.58. The van der Waals surface area contributed by atoms with Crippen LogP contribution in [0.15, 0.2) is 24.3 Å². The Labute approximate surface area is 108 Å². The monoisotopic (exact) mass is 255 g/mol. The molecular weight excluding hydrogens is 233 g/mol. The van der Waals surface area contributed by atoms with Crippen LogP contribution >= 0.6 is 11.8 Å². The first-order chi connectivity index (χ1) is 7.92. The second-order valence-electron chi connectivity index (χ2n) is 5.09. The molecule has 0 spiro atoms. The first-order valence-corrected chi connectivity index (χ1v) is 7.04. The fraction of sp³-hybridized carbons (Fsp3) is 0.571. The summed E-state index contributed by atoms with van der Waals surface area (Å²) in [5, 5.41) is 3.41. The molecule has 1 N–H and O–H groups in total. The van der Waals surface area contributed by atoms with E-state index in [1.165, 1.54) is 6.07 Å². The van der Waals surface area contributed by atoms with Crippen molar-refractivity contribution in [3.63, 3.8) is 0 Å². The van der Waals surface area contributed by atoms with Crippen LogP contribution < -0.4 is 5.32 Å². The van der Waals surface area contributed by atoms with Crippen LogP contribution in [0.25, 0.3) is 0 Å². The van der Waals surface area contributed by atoms with Crippen molar-refractivity contribution in [3.05, 3.63) is 35.6 Å². The van der Waals surface area contributed by atoms with Gasteiger partial charge in [-0.25, -0.2) is 4.39 Å². The molecular formula is C14H22FNS. The van der Waals surface area contributed by atoms with Crippen molar-refractivity contribution < 1.29 is 4.39 Å². The Morgan fingerprint density at radius 2 is 2.06 bits per heavy atom. The lowest BCUT2D eigenvalue weighted by Gasteiger charge is -2.24. The van der Waals surface area contributed by atoms with Gasteiger partial charge in [-0.1, -0.05) is 39.8 Å². The van der Waals surface area contributed by atoms with Crippen LogP contribution in [-0.2, 0) is 0 Å². The molecule has 0 aliphatic heterocycles. The minimum Gasteiger partial charge on any atom is -0.310 e. The van der Waals surface area contributed by atoms with Gasteiger partial charge in [0.1, 0.15) is 5.82 Å². The highest BCUT2D eigenvalue weighted by Crippen LogP contribution is 2.28. The highest BCUT2D eigenvalue weighted by molar-refractivity contribution is 8.00. The van der Waals surface area contributed by atoms with Crippen molar-refractivity contribution in [2.45, 2.75) is 38.5 Å². The minimum absolute atomic E-state index is 0.161. The molecule has 96 valence electrons. The average molecular weight is 255 g/mol. The predicted molar refractivity (Wildman–Crippen MR) is 75.0 cm³/mol. The number of rotatable bonds is 5. The Balaban J connectivity index is 2.71. The van der Waals surface area contributed by atoms with E-state index in [1.807, 2.05) is 17.8 Å². The van der Waals surface area contributed by atoms with Gasteiger partial charge >= 0.3 is 0 Å². The smallest absolute Gasteiger partial charge is 0.123 e. The van der Waals surface area contributed by atoms with Gasteiger partial charge < -0.3 is 5.32 Å². The third-order valence-electron chi connectivity index (χ3n) is 2.38. The van der Waals surface area contributed by atoms with Crippen LogP contribution in [0.5, 0.6) is 0 Å². The summed E-state index contributed by atoms with van der Waals surface area (Å²) in [5.74, 6) is 0.798. The molecule has 17 heavy (non-hydrogen) atoms. The van der Waals surface area contributed by atoms with Crippen molar-refractivity contribution in [1.82, 2.24) is 5.32 Å². The summed E-state index contributed by atoms with van der Waals surface area (Å²) in [6.07, 6.45) is 0. The van der Waals surface area contributed by atoms with Gasteiger partial charge in [0.25, 0.3) is 0 Å². The Bertz CT molecular complexity index is 346. The Morgan fingerprint density at radius 3 is 2.59 bits per heavy atom. The predicted octanol–water partition coefficient (Wildman–Crippen LogP) is 4.01. The molecule has 1 atom stereocenters. The Hall–Kier alpha value is -0.540. The molecule has 0 aliphatic rings. The zero-order valence-corrected chi connectivity index (χ0v) is 11.9. The lowest BCUT2D eigenvalue weighted by atomic mass is 10.1. The van der Waals surface area contributed by atoms with Gasteiger partial charge in [-0.3, -0.25) is 0 Å². The van der Waals surface area contributed by atoms with Crippen molar-refractivity contribution in [2.24, 2.45) is 0 Å². The molecule has 0 saturated heterocycles. The van der Waals surface area contributed by atoms with Crippen LogP contribution in [0, 0.1) is 5.82 Å². The zero-order valence-electron chi connectivity index (χ0n) is 11.1. The summed E-state index contributed by atoms with van der Waals surface area (Å²) in [6.45, 7) is 9.57. The molecule has 1 unspecified atom stereocenters. The topological polar surface area (TPSA) is 12.0 Å². The molecule has 1 aromatic carbocycles. The molecule has 0 radical (unpaired) electrons. The van der Waals surface area contributed by atoms with Gasteiger partial charge in [-0.15, -0.1) is 0 Å². The lowest BCUT2D eigenvalue weighted by Crippen LogP contribution is -2.25. The number of hydrogen-bond donors (Lipinski definition) is 1. The van der Waals surface area contributed by atoms with Crippen LogP contribution in [0.2, 0.25) is 0 Å². The average Bonchev–Trinajstić information content (AvgIpc) is 2.23. The maximum atomic E-state index is 13.2. The standard InChI is InChI=1S/C14H22FNS/c1-5-16-13(10-17-14(2,3)4)11-7-6-8-12(15)9-11/h6-9,13,16H,5,10H2,1-4H3. The van der Waals surface area contributed by atoms with E-state index in [1.54, 1.807) is 12.1 Å². The number of nitrogens with one attached hydrogen (secondary N) is 1. The molecule has 1 aromatic rings. The van der Waals surface area contributed by atoms with Gasteiger partial charge in [-0.2, -0.15) is 11.8 Å². The molecule has 0 fully saturated rings. The van der Waals surface area contributed by atoms with Crippen LogP contribution in [0.1, 0.15) is 39.3 Å². The van der Waals surface area contributed by atoms with E-state index in [-0.39, 0.29) is 16.6 Å². The van der Waals surface area contributed by atoms with E-state index < -0.39 is 0 Å². The van der Waals surface area contributed by atoms with Gasteiger partial charge in [0.05, 0.1) is 0 Å². The van der Waals surface area contributed by atoms with E-state index in [2.05, 4.69) is 33.0 Å². The molecule has 0 amide bonds. The molecule has 0 saturated carbocycles. The highest BCUT2D eigenvalue weighted by Gasteiger charge is 2.16. The highest BCUT2D eigenvalue weighted by atomic mass is 32.2. The van der Waals surface area contributed by atoms with E-state index >= 15 is 0 Å². The molecule has 1 nitrogen and oxygen atoms in total. The van der Waals surface area contributed by atoms with Gasteiger partial charge in [-0.05, 0) is 24.2 Å². The largest absolute Gasteiger partial charge is 0.310 e. The van der Waals surface area contributed by atoms with Crippen molar-refractivity contribution in [2.75, 3.05) is 12.3 Å². The lowest BCUT2D eigenvalue weighted by molar-refractivity contribution is 0.587. The van der Waals surface area contributed by atoms with E-state index in [4.69, 9.17) is 0 Å². The third-order valence-corrected chi connectivity index (χ3v) is 3.75. The fourth-order valence-corrected chi connectivity index (χ4v) is 2.55. The normalized spacial score (nSPS) is 13.7. The van der Waals surface area contributed by atoms with Gasteiger partial charge in [0.15, 0.2) is 0 Å². The van der Waals surface area contributed by atoms with Crippen LogP contribution in [-0.4, -0.2) is 17.0 Å². The van der Waals surface area contributed by atoms with Crippen molar-refractivity contribution >= 4 is 11.8 Å². The quantitative estimate of drug-likeness (QED) is 0.853. The number of halogens is 1. The van der Waals surface area contributed by atoms with Crippen molar-refractivity contribution in [1.29, 1.82) is 0 Å². The summed E-state index contributed by atoms with van der Waals surface area (Å²) < 4.78 is 13.4. The van der Waals surface area contributed by atoms with E-state index in [0.29, 0.717) is 0 Å². The molecule has 0 bridgehead atoms. The molecule has 0 aromatic heterocycles.